The Labute approximate surface area is 75.7 Å². The van der Waals surface area contributed by atoms with Crippen LogP contribution in [0.25, 0.3) is 0 Å². The van der Waals surface area contributed by atoms with Crippen molar-refractivity contribution in [1.82, 2.24) is 0 Å². The van der Waals surface area contributed by atoms with E-state index in [-0.39, 0.29) is 0 Å². The summed E-state index contributed by atoms with van der Waals surface area (Å²) in [7, 11) is 0. The van der Waals surface area contributed by atoms with Gasteiger partial charge < -0.3 is 5.73 Å². The molecule has 0 bridgehead atoms. The van der Waals surface area contributed by atoms with Crippen molar-refractivity contribution in [3.63, 3.8) is 0 Å². The van der Waals surface area contributed by atoms with Crippen molar-refractivity contribution < 1.29 is 0 Å². The molecule has 0 aromatic heterocycles. The zero-order chi connectivity index (χ0) is 9.40. The van der Waals surface area contributed by atoms with Gasteiger partial charge in [-0.05, 0) is 24.5 Å². The Kier molecular flexibility index (Phi) is 6.39. The zero-order valence-corrected chi connectivity index (χ0v) is 7.92. The molecule has 0 saturated heterocycles. The monoisotopic (exact) mass is 165 g/mol. The van der Waals surface area contributed by atoms with E-state index >= 15 is 0 Å². The molecule has 0 aliphatic carbocycles. The fraction of sp³-hybridized carbons (Fsp3) is 0.455. The molecular weight excluding hydrogens is 146 g/mol. The summed E-state index contributed by atoms with van der Waals surface area (Å²) in [6.07, 6.45) is 7.80. The van der Waals surface area contributed by atoms with Gasteiger partial charge in [0.2, 0.25) is 0 Å². The molecule has 0 aromatic carbocycles. The Balaban J connectivity index is 4.08. The van der Waals surface area contributed by atoms with Crippen molar-refractivity contribution in [3.05, 3.63) is 37.0 Å². The summed E-state index contributed by atoms with van der Waals surface area (Å²) in [5.74, 6) is 0.578. The lowest BCUT2D eigenvalue weighted by atomic mass is 9.97. The molecule has 1 atom stereocenters. The van der Waals surface area contributed by atoms with Crippen LogP contribution in [0.2, 0.25) is 0 Å². The fourth-order valence-electron chi connectivity index (χ4n) is 1.10. The van der Waals surface area contributed by atoms with E-state index in [9.17, 15) is 0 Å². The maximum absolute atomic E-state index is 5.60. The molecule has 0 aliphatic heterocycles. The number of hydrogen-bond acceptors (Lipinski definition) is 1. The molecule has 2 N–H and O–H groups in total. The second-order valence-electron chi connectivity index (χ2n) is 2.90. The lowest BCUT2D eigenvalue weighted by Crippen LogP contribution is -2.13. The number of rotatable bonds is 6. The third-order valence-corrected chi connectivity index (χ3v) is 2.03. The van der Waals surface area contributed by atoms with Crippen molar-refractivity contribution in [3.8, 4) is 0 Å². The maximum Gasteiger partial charge on any atom is -0.00458 e. The van der Waals surface area contributed by atoms with Crippen LogP contribution in [0.1, 0.15) is 19.8 Å². The first-order chi connectivity index (χ1) is 5.78. The van der Waals surface area contributed by atoms with Crippen LogP contribution in [0.4, 0.5) is 0 Å². The van der Waals surface area contributed by atoms with E-state index in [1.807, 2.05) is 12.2 Å². The second kappa shape index (κ2) is 6.86. The van der Waals surface area contributed by atoms with E-state index in [4.69, 9.17) is 5.73 Å². The Morgan fingerprint density at radius 2 is 2.17 bits per heavy atom. The van der Waals surface area contributed by atoms with Gasteiger partial charge in [-0.2, -0.15) is 0 Å². The van der Waals surface area contributed by atoms with Crippen molar-refractivity contribution >= 4 is 0 Å². The molecule has 0 aromatic rings. The minimum atomic E-state index is 0.578. The number of allylic oxidation sites excluding steroid dienone is 4. The molecule has 1 heteroatoms. The topological polar surface area (TPSA) is 26.0 Å². The molecule has 0 amide bonds. The van der Waals surface area contributed by atoms with Gasteiger partial charge in [0.15, 0.2) is 0 Å². The number of hydrogen-bond donors (Lipinski definition) is 1. The SMILES string of the molecule is C=C/C=C(\C=C)CC(CC)CN. The van der Waals surface area contributed by atoms with E-state index in [0.29, 0.717) is 5.92 Å². The highest BCUT2D eigenvalue weighted by Crippen LogP contribution is 2.14. The average molecular weight is 165 g/mol. The lowest BCUT2D eigenvalue weighted by molar-refractivity contribution is 0.521. The minimum absolute atomic E-state index is 0.578. The van der Waals surface area contributed by atoms with Crippen molar-refractivity contribution in [2.24, 2.45) is 11.7 Å². The molecule has 1 unspecified atom stereocenters. The molecule has 0 aliphatic rings. The molecule has 0 rings (SSSR count). The van der Waals surface area contributed by atoms with Gasteiger partial charge in [-0.3, -0.25) is 0 Å². The Morgan fingerprint density at radius 3 is 2.50 bits per heavy atom. The van der Waals surface area contributed by atoms with Crippen molar-refractivity contribution in [1.29, 1.82) is 0 Å². The molecule has 1 nitrogen and oxygen atoms in total. The summed E-state index contributed by atoms with van der Waals surface area (Å²) < 4.78 is 0. The van der Waals surface area contributed by atoms with Crippen LogP contribution >= 0.6 is 0 Å². The van der Waals surface area contributed by atoms with Gasteiger partial charge in [-0.25, -0.2) is 0 Å². The van der Waals surface area contributed by atoms with Crippen LogP contribution in [0.5, 0.6) is 0 Å². The summed E-state index contributed by atoms with van der Waals surface area (Å²) in [5.41, 5.74) is 6.82. The Bertz CT molecular complexity index is 164. The highest BCUT2D eigenvalue weighted by Gasteiger charge is 2.04. The first kappa shape index (κ1) is 11.2. The molecule has 0 heterocycles. The summed E-state index contributed by atoms with van der Waals surface area (Å²) in [4.78, 5) is 0. The normalized spacial score (nSPS) is 14.0. The van der Waals surface area contributed by atoms with Gasteiger partial charge in [-0.15, -0.1) is 0 Å². The number of nitrogens with two attached hydrogens (primary N) is 1. The van der Waals surface area contributed by atoms with Crippen molar-refractivity contribution in [2.75, 3.05) is 6.54 Å². The van der Waals surface area contributed by atoms with Gasteiger partial charge in [0.05, 0.1) is 0 Å². The molecule has 0 saturated carbocycles. The summed E-state index contributed by atoms with van der Waals surface area (Å²) in [5, 5.41) is 0. The van der Waals surface area contributed by atoms with E-state index in [2.05, 4.69) is 20.1 Å². The molecule has 0 spiro atoms. The van der Waals surface area contributed by atoms with Crippen LogP contribution in [0.3, 0.4) is 0 Å². The van der Waals surface area contributed by atoms with Crippen LogP contribution in [-0.2, 0) is 0 Å². The Morgan fingerprint density at radius 1 is 1.50 bits per heavy atom. The minimum Gasteiger partial charge on any atom is -0.330 e. The predicted molar refractivity (Wildman–Crippen MR) is 55.9 cm³/mol. The molecular formula is C11H19N. The van der Waals surface area contributed by atoms with Crippen LogP contribution in [-0.4, -0.2) is 6.54 Å². The first-order valence-corrected chi connectivity index (χ1v) is 4.42. The van der Waals surface area contributed by atoms with Gasteiger partial charge >= 0.3 is 0 Å². The molecule has 0 radical (unpaired) electrons. The fourth-order valence-corrected chi connectivity index (χ4v) is 1.10. The third kappa shape index (κ3) is 4.14. The van der Waals surface area contributed by atoms with Crippen LogP contribution < -0.4 is 5.73 Å². The third-order valence-electron chi connectivity index (χ3n) is 2.03. The highest BCUT2D eigenvalue weighted by atomic mass is 14.5. The van der Waals surface area contributed by atoms with E-state index < -0.39 is 0 Å². The molecule has 12 heavy (non-hydrogen) atoms. The summed E-state index contributed by atoms with van der Waals surface area (Å²) >= 11 is 0. The summed E-state index contributed by atoms with van der Waals surface area (Å²) in [6, 6.07) is 0. The second-order valence-corrected chi connectivity index (χ2v) is 2.90. The molecule has 0 fully saturated rings. The largest absolute Gasteiger partial charge is 0.330 e. The quantitative estimate of drug-likeness (QED) is 0.602. The lowest BCUT2D eigenvalue weighted by Gasteiger charge is -2.11. The van der Waals surface area contributed by atoms with Gasteiger partial charge in [0, 0.05) is 0 Å². The highest BCUT2D eigenvalue weighted by molar-refractivity contribution is 5.21. The van der Waals surface area contributed by atoms with Crippen molar-refractivity contribution in [2.45, 2.75) is 19.8 Å². The Hall–Kier alpha value is -0.820. The van der Waals surface area contributed by atoms with E-state index in [1.54, 1.807) is 6.08 Å². The van der Waals surface area contributed by atoms with Gasteiger partial charge in [-0.1, -0.05) is 44.7 Å². The smallest absolute Gasteiger partial charge is 0.00458 e. The van der Waals surface area contributed by atoms with E-state index in [0.717, 1.165) is 19.4 Å². The maximum atomic E-state index is 5.60. The van der Waals surface area contributed by atoms with Gasteiger partial charge in [0.1, 0.15) is 0 Å². The first-order valence-electron chi connectivity index (χ1n) is 4.42. The van der Waals surface area contributed by atoms with Crippen LogP contribution in [0, 0.1) is 5.92 Å². The van der Waals surface area contributed by atoms with Gasteiger partial charge in [0.25, 0.3) is 0 Å². The van der Waals surface area contributed by atoms with E-state index in [1.165, 1.54) is 5.57 Å². The average Bonchev–Trinajstić information content (AvgIpc) is 2.12. The zero-order valence-electron chi connectivity index (χ0n) is 7.92. The molecule has 68 valence electrons. The summed E-state index contributed by atoms with van der Waals surface area (Å²) in [6.45, 7) is 10.3. The standard InChI is InChI=1S/C11H19N/c1-4-7-10(5-2)8-11(6-3)9-12/h4-5,7,11H,1-2,6,8-9,12H2,3H3/b10-7+. The predicted octanol–water partition coefficient (Wildman–Crippen LogP) is 2.66. The van der Waals surface area contributed by atoms with Crippen LogP contribution in [0.15, 0.2) is 37.0 Å².